The van der Waals surface area contributed by atoms with Crippen molar-refractivity contribution in [3.8, 4) is 0 Å². The summed E-state index contributed by atoms with van der Waals surface area (Å²) in [6.45, 7) is 2.41. The van der Waals surface area contributed by atoms with Gasteiger partial charge in [-0.2, -0.15) is 0 Å². The van der Waals surface area contributed by atoms with Crippen LogP contribution >= 0.6 is 11.6 Å². The van der Waals surface area contributed by atoms with E-state index in [4.69, 9.17) is 11.6 Å². The molecule has 0 unspecified atom stereocenters. The second-order valence-electron chi connectivity index (χ2n) is 6.45. The number of hydrogen-bond acceptors (Lipinski definition) is 4. The Morgan fingerprint density at radius 1 is 1.30 bits per heavy atom. The predicted molar refractivity (Wildman–Crippen MR) is 80.1 cm³/mol. The fraction of sp³-hybridized carbons (Fsp3) is 0.733. The first kappa shape index (κ1) is 14.1. The maximum absolute atomic E-state index is 9.81. The average molecular weight is 296 g/mol. The molecule has 0 spiro atoms. The number of anilines is 1. The van der Waals surface area contributed by atoms with Crippen molar-refractivity contribution in [3.63, 3.8) is 0 Å². The molecule has 5 heteroatoms. The smallest absolute Gasteiger partial charge is 0.135 e. The van der Waals surface area contributed by atoms with Crippen LogP contribution in [0.5, 0.6) is 0 Å². The summed E-state index contributed by atoms with van der Waals surface area (Å²) in [6.07, 6.45) is 6.55. The van der Waals surface area contributed by atoms with E-state index in [1.807, 2.05) is 0 Å². The zero-order chi connectivity index (χ0) is 14.2. The molecule has 2 fully saturated rings. The minimum Gasteiger partial charge on any atom is -0.394 e. The molecule has 3 rings (SSSR count). The third-order valence-electron chi connectivity index (χ3n) is 4.58. The number of aliphatic hydroxyl groups excluding tert-OH is 1. The first-order chi connectivity index (χ1) is 9.60. The van der Waals surface area contributed by atoms with Gasteiger partial charge in [0, 0.05) is 12.0 Å². The summed E-state index contributed by atoms with van der Waals surface area (Å²) >= 11 is 6.10. The van der Waals surface area contributed by atoms with Gasteiger partial charge in [-0.15, -0.1) is 0 Å². The summed E-state index contributed by atoms with van der Waals surface area (Å²) in [7, 11) is 0. The Bertz CT molecular complexity index is 482. The van der Waals surface area contributed by atoms with Crippen molar-refractivity contribution in [2.45, 2.75) is 56.9 Å². The van der Waals surface area contributed by atoms with E-state index >= 15 is 0 Å². The second-order valence-corrected chi connectivity index (χ2v) is 6.84. The van der Waals surface area contributed by atoms with Crippen molar-refractivity contribution in [1.29, 1.82) is 0 Å². The van der Waals surface area contributed by atoms with Crippen LogP contribution in [0, 0.1) is 5.92 Å². The molecule has 2 aliphatic carbocycles. The number of aromatic nitrogens is 2. The van der Waals surface area contributed by atoms with Crippen LogP contribution in [0.1, 0.15) is 57.2 Å². The van der Waals surface area contributed by atoms with E-state index in [9.17, 15) is 5.11 Å². The molecule has 0 amide bonds. The highest BCUT2D eigenvalue weighted by atomic mass is 35.5. The molecule has 0 aliphatic heterocycles. The van der Waals surface area contributed by atoms with E-state index in [0.29, 0.717) is 11.1 Å². The third-order valence-corrected chi connectivity index (χ3v) is 4.78. The van der Waals surface area contributed by atoms with Gasteiger partial charge >= 0.3 is 0 Å². The van der Waals surface area contributed by atoms with Crippen LogP contribution in [0.4, 0.5) is 5.82 Å². The molecule has 0 saturated heterocycles. The zero-order valence-corrected chi connectivity index (χ0v) is 12.7. The van der Waals surface area contributed by atoms with Crippen LogP contribution in [-0.2, 0) is 0 Å². The molecule has 2 saturated carbocycles. The van der Waals surface area contributed by atoms with Crippen LogP contribution in [0.15, 0.2) is 6.07 Å². The fourth-order valence-electron chi connectivity index (χ4n) is 2.93. The number of hydrogen-bond donors (Lipinski definition) is 2. The van der Waals surface area contributed by atoms with E-state index < -0.39 is 0 Å². The highest BCUT2D eigenvalue weighted by Gasteiger charge is 2.34. The largest absolute Gasteiger partial charge is 0.394 e. The first-order valence-corrected chi connectivity index (χ1v) is 7.91. The predicted octanol–water partition coefficient (Wildman–Crippen LogP) is 3.36. The Kier molecular flexibility index (Phi) is 3.87. The lowest BCUT2D eigenvalue weighted by Gasteiger charge is -2.39. The van der Waals surface area contributed by atoms with Gasteiger partial charge in [0.1, 0.15) is 16.8 Å². The Labute approximate surface area is 125 Å². The SMILES string of the molecule is CC1CCC(CO)(Nc2cc(Cl)nc(C3CC3)n2)CC1. The number of nitrogens with zero attached hydrogens (tertiary/aromatic N) is 2. The molecule has 2 N–H and O–H groups in total. The molecule has 0 radical (unpaired) electrons. The lowest BCUT2D eigenvalue weighted by atomic mass is 9.77. The monoisotopic (exact) mass is 295 g/mol. The quantitative estimate of drug-likeness (QED) is 0.836. The molecular formula is C15H22ClN3O. The normalized spacial score (nSPS) is 30.2. The summed E-state index contributed by atoms with van der Waals surface area (Å²) in [4.78, 5) is 8.89. The van der Waals surface area contributed by atoms with E-state index in [1.165, 1.54) is 0 Å². The van der Waals surface area contributed by atoms with Gasteiger partial charge in [0.15, 0.2) is 0 Å². The van der Waals surface area contributed by atoms with Gasteiger partial charge in [-0.3, -0.25) is 0 Å². The Hall–Kier alpha value is -0.870. The van der Waals surface area contributed by atoms with Gasteiger partial charge in [-0.1, -0.05) is 18.5 Å². The second kappa shape index (κ2) is 5.49. The van der Waals surface area contributed by atoms with Crippen molar-refractivity contribution < 1.29 is 5.11 Å². The summed E-state index contributed by atoms with van der Waals surface area (Å²) in [5.41, 5.74) is -0.245. The van der Waals surface area contributed by atoms with E-state index in [-0.39, 0.29) is 12.1 Å². The van der Waals surface area contributed by atoms with Crippen molar-refractivity contribution in [2.24, 2.45) is 5.92 Å². The lowest BCUT2D eigenvalue weighted by molar-refractivity contribution is 0.155. The molecule has 4 nitrogen and oxygen atoms in total. The van der Waals surface area contributed by atoms with Gasteiger partial charge in [0.2, 0.25) is 0 Å². The zero-order valence-electron chi connectivity index (χ0n) is 11.9. The topological polar surface area (TPSA) is 58.0 Å². The molecular weight excluding hydrogens is 274 g/mol. The molecule has 1 aromatic heterocycles. The van der Waals surface area contributed by atoms with Gasteiger partial charge in [-0.25, -0.2) is 9.97 Å². The average Bonchev–Trinajstić information content (AvgIpc) is 3.25. The Balaban J connectivity index is 1.78. The highest BCUT2D eigenvalue weighted by Crippen LogP contribution is 2.39. The van der Waals surface area contributed by atoms with Gasteiger partial charge in [0.05, 0.1) is 12.1 Å². The van der Waals surface area contributed by atoms with Gasteiger partial charge < -0.3 is 10.4 Å². The van der Waals surface area contributed by atoms with E-state index in [0.717, 1.165) is 56.1 Å². The van der Waals surface area contributed by atoms with Crippen molar-refractivity contribution in [1.82, 2.24) is 9.97 Å². The Morgan fingerprint density at radius 3 is 2.60 bits per heavy atom. The van der Waals surface area contributed by atoms with Crippen LogP contribution in [0.3, 0.4) is 0 Å². The highest BCUT2D eigenvalue weighted by molar-refractivity contribution is 6.29. The van der Waals surface area contributed by atoms with E-state index in [1.54, 1.807) is 6.07 Å². The molecule has 1 aromatic rings. The lowest BCUT2D eigenvalue weighted by Crippen LogP contribution is -2.45. The summed E-state index contributed by atoms with van der Waals surface area (Å²) in [6, 6.07) is 1.77. The molecule has 0 bridgehead atoms. The van der Waals surface area contributed by atoms with Crippen molar-refractivity contribution in [2.75, 3.05) is 11.9 Å². The first-order valence-electron chi connectivity index (χ1n) is 7.54. The molecule has 0 atom stereocenters. The third kappa shape index (κ3) is 3.07. The van der Waals surface area contributed by atoms with Crippen molar-refractivity contribution in [3.05, 3.63) is 17.0 Å². The van der Waals surface area contributed by atoms with Crippen LogP contribution in [0.2, 0.25) is 5.15 Å². The maximum atomic E-state index is 9.81. The molecule has 0 aromatic carbocycles. The number of aliphatic hydroxyl groups is 1. The Morgan fingerprint density at radius 2 is 2.00 bits per heavy atom. The van der Waals surface area contributed by atoms with Crippen molar-refractivity contribution >= 4 is 17.4 Å². The van der Waals surface area contributed by atoms with Crippen LogP contribution in [0.25, 0.3) is 0 Å². The molecule has 110 valence electrons. The fourth-order valence-corrected chi connectivity index (χ4v) is 3.12. The molecule has 2 aliphatic rings. The maximum Gasteiger partial charge on any atom is 0.135 e. The molecule has 1 heterocycles. The number of halogens is 1. The minimum absolute atomic E-state index is 0.139. The van der Waals surface area contributed by atoms with E-state index in [2.05, 4.69) is 22.2 Å². The van der Waals surface area contributed by atoms with Crippen LogP contribution in [-0.4, -0.2) is 27.2 Å². The number of nitrogens with one attached hydrogen (secondary N) is 1. The summed E-state index contributed by atoms with van der Waals surface area (Å²) in [5, 5.41) is 13.7. The van der Waals surface area contributed by atoms with Gasteiger partial charge in [0.25, 0.3) is 0 Å². The number of rotatable bonds is 4. The van der Waals surface area contributed by atoms with Gasteiger partial charge in [-0.05, 0) is 44.4 Å². The minimum atomic E-state index is -0.245. The molecule has 20 heavy (non-hydrogen) atoms. The standard InChI is InChI=1S/C15H22ClN3O/c1-10-4-6-15(9-20,7-5-10)19-13-8-12(16)17-14(18-13)11-2-3-11/h8,10-11,20H,2-7,9H2,1H3,(H,17,18,19). The summed E-state index contributed by atoms with van der Waals surface area (Å²) < 4.78 is 0. The summed E-state index contributed by atoms with van der Waals surface area (Å²) in [5.74, 6) is 2.82. The van der Waals surface area contributed by atoms with Crippen LogP contribution < -0.4 is 5.32 Å².